The van der Waals surface area contributed by atoms with Gasteiger partial charge in [0.1, 0.15) is 0 Å². The Hall–Kier alpha value is 1.35. The molecule has 0 saturated carbocycles. The molecule has 0 aromatic carbocycles. The van der Waals surface area contributed by atoms with Crippen LogP contribution in [-0.4, -0.2) is 34.8 Å². The van der Waals surface area contributed by atoms with E-state index in [0.717, 1.165) is 0 Å². The van der Waals surface area contributed by atoms with Crippen LogP contribution in [-0.2, 0) is 0 Å². The molecule has 0 aliphatic carbocycles. The fourth-order valence-corrected chi connectivity index (χ4v) is 0. The monoisotopic (exact) mass is 100 g/mol. The molecule has 0 aliphatic rings. The third-order valence-electron chi connectivity index (χ3n) is 0. The van der Waals surface area contributed by atoms with Crippen LogP contribution >= 0.6 is 12.6 Å². The zero-order chi connectivity index (χ0) is 3.58. The minimum absolute atomic E-state index is 0. The van der Waals surface area contributed by atoms with E-state index in [1.54, 1.807) is 0 Å². The van der Waals surface area contributed by atoms with E-state index < -0.39 is 0 Å². The van der Waals surface area contributed by atoms with Gasteiger partial charge in [-0.3, -0.25) is 0 Å². The molecule has 0 spiro atoms. The molecule has 0 atom stereocenters. The molecule has 5 heavy (non-hydrogen) atoms. The molecular weight excluding hydrogens is 91.1 g/mol. The van der Waals surface area contributed by atoms with Gasteiger partial charge in [-0.25, -0.2) is 0 Å². The molecule has 0 aromatic rings. The van der Waals surface area contributed by atoms with Gasteiger partial charge in [-0.05, 0) is 5.25 Å². The Labute approximate surface area is 61.0 Å². The molecule has 0 heterocycles. The molecule has 0 N–H and O–H groups in total. The van der Waals surface area contributed by atoms with Crippen molar-refractivity contribution in [1.82, 2.24) is 0 Å². The molecule has 0 saturated heterocycles. The summed E-state index contributed by atoms with van der Waals surface area (Å²) < 4.78 is 0. The standard InChI is InChI=1S/C3H8S.Na.H/c1-3(2)4;;/h3-4H,1-2H3;;. The first-order valence-electron chi connectivity index (χ1n) is 1.41. The van der Waals surface area contributed by atoms with Gasteiger partial charge in [-0.2, -0.15) is 12.6 Å². The summed E-state index contributed by atoms with van der Waals surface area (Å²) in [7, 11) is 0. The Morgan fingerprint density at radius 3 is 1.40 bits per heavy atom. The van der Waals surface area contributed by atoms with Crippen molar-refractivity contribution < 1.29 is 0 Å². The van der Waals surface area contributed by atoms with Gasteiger partial charge in [0.15, 0.2) is 0 Å². The average molecular weight is 100 g/mol. The Morgan fingerprint density at radius 2 is 1.40 bits per heavy atom. The molecule has 0 nitrogen and oxygen atoms in total. The summed E-state index contributed by atoms with van der Waals surface area (Å²) in [6.45, 7) is 4.06. The van der Waals surface area contributed by atoms with E-state index in [-0.39, 0.29) is 29.6 Å². The topological polar surface area (TPSA) is 0 Å². The van der Waals surface area contributed by atoms with Crippen LogP contribution in [0.5, 0.6) is 0 Å². The third-order valence-corrected chi connectivity index (χ3v) is 0. The van der Waals surface area contributed by atoms with Crippen molar-refractivity contribution in [2.75, 3.05) is 0 Å². The summed E-state index contributed by atoms with van der Waals surface area (Å²) in [5, 5.41) is 0.528. The van der Waals surface area contributed by atoms with Gasteiger partial charge in [0.25, 0.3) is 0 Å². The summed E-state index contributed by atoms with van der Waals surface area (Å²) in [6.07, 6.45) is 0. The second-order valence-corrected chi connectivity index (χ2v) is 2.13. The summed E-state index contributed by atoms with van der Waals surface area (Å²) >= 11 is 3.97. The quantitative estimate of drug-likeness (QED) is 0.336. The first-order valence-corrected chi connectivity index (χ1v) is 1.93. The second kappa shape index (κ2) is 5.35. The number of hydrogen-bond donors (Lipinski definition) is 1. The van der Waals surface area contributed by atoms with Crippen molar-refractivity contribution in [3.8, 4) is 0 Å². The second-order valence-electron chi connectivity index (χ2n) is 1.09. The minimum atomic E-state index is 0. The van der Waals surface area contributed by atoms with Gasteiger partial charge in [-0.1, -0.05) is 13.8 Å². The van der Waals surface area contributed by atoms with Gasteiger partial charge < -0.3 is 0 Å². The van der Waals surface area contributed by atoms with E-state index in [2.05, 4.69) is 12.6 Å². The van der Waals surface area contributed by atoms with E-state index in [1.165, 1.54) is 0 Å². The van der Waals surface area contributed by atoms with Crippen LogP contribution in [0.1, 0.15) is 13.8 Å². The van der Waals surface area contributed by atoms with Crippen LogP contribution in [0.2, 0.25) is 0 Å². The first kappa shape index (κ1) is 9.61. The van der Waals surface area contributed by atoms with Gasteiger partial charge in [0.05, 0.1) is 0 Å². The molecule has 0 aromatic heterocycles. The predicted molar refractivity (Wildman–Crippen MR) is 31.3 cm³/mol. The van der Waals surface area contributed by atoms with E-state index in [4.69, 9.17) is 0 Å². The first-order chi connectivity index (χ1) is 1.73. The van der Waals surface area contributed by atoms with Gasteiger partial charge in [0.2, 0.25) is 0 Å². The molecular formula is C3H9NaS. The van der Waals surface area contributed by atoms with E-state index in [1.807, 2.05) is 13.8 Å². The molecule has 0 amide bonds. The van der Waals surface area contributed by atoms with Crippen molar-refractivity contribution in [3.05, 3.63) is 0 Å². The van der Waals surface area contributed by atoms with E-state index in [9.17, 15) is 0 Å². The van der Waals surface area contributed by atoms with Crippen LogP contribution < -0.4 is 0 Å². The van der Waals surface area contributed by atoms with Crippen LogP contribution in [0.25, 0.3) is 0 Å². The van der Waals surface area contributed by atoms with Crippen molar-refractivity contribution in [1.29, 1.82) is 0 Å². The molecule has 0 bridgehead atoms. The SMILES string of the molecule is CC(C)S.[NaH]. The Balaban J connectivity index is 0. The number of hydrogen-bond acceptors (Lipinski definition) is 1. The summed E-state index contributed by atoms with van der Waals surface area (Å²) in [4.78, 5) is 0. The molecule has 0 aliphatic heterocycles. The summed E-state index contributed by atoms with van der Waals surface area (Å²) in [5.74, 6) is 0. The van der Waals surface area contributed by atoms with Gasteiger partial charge in [-0.15, -0.1) is 0 Å². The Kier molecular flexibility index (Phi) is 10.3. The fourth-order valence-electron chi connectivity index (χ4n) is 0. The van der Waals surface area contributed by atoms with Crippen LogP contribution in [0.3, 0.4) is 0 Å². The van der Waals surface area contributed by atoms with Crippen LogP contribution in [0.4, 0.5) is 0 Å². The normalized spacial score (nSPS) is 7.20. The maximum atomic E-state index is 3.97. The fraction of sp³-hybridized carbons (Fsp3) is 1.00. The van der Waals surface area contributed by atoms with Crippen molar-refractivity contribution in [2.24, 2.45) is 0 Å². The number of rotatable bonds is 0. The summed E-state index contributed by atoms with van der Waals surface area (Å²) in [6, 6.07) is 0. The van der Waals surface area contributed by atoms with Crippen molar-refractivity contribution in [3.63, 3.8) is 0 Å². The third kappa shape index (κ3) is 32.9. The maximum absolute atomic E-state index is 3.97. The zero-order valence-electron chi connectivity index (χ0n) is 3.02. The van der Waals surface area contributed by atoms with E-state index in [0.29, 0.717) is 5.25 Å². The Bertz CT molecular complexity index is 11.6. The molecule has 0 radical (unpaired) electrons. The predicted octanol–water partition coefficient (Wildman–Crippen LogP) is 0.676. The molecule has 0 fully saturated rings. The molecule has 0 unspecified atom stereocenters. The van der Waals surface area contributed by atoms with Crippen molar-refractivity contribution >= 4 is 42.2 Å². The Morgan fingerprint density at radius 1 is 1.40 bits per heavy atom. The van der Waals surface area contributed by atoms with Gasteiger partial charge in [0, 0.05) is 0 Å². The van der Waals surface area contributed by atoms with Crippen LogP contribution in [0.15, 0.2) is 0 Å². The molecule has 28 valence electrons. The van der Waals surface area contributed by atoms with Crippen molar-refractivity contribution in [2.45, 2.75) is 19.1 Å². The van der Waals surface area contributed by atoms with Crippen LogP contribution in [0, 0.1) is 0 Å². The van der Waals surface area contributed by atoms with Gasteiger partial charge >= 0.3 is 29.6 Å². The average Bonchev–Trinajstić information content (AvgIpc) is 0.811. The number of thiol groups is 1. The van der Waals surface area contributed by atoms with E-state index >= 15 is 0 Å². The molecule has 0 rings (SSSR count). The molecule has 2 heteroatoms. The zero-order valence-corrected chi connectivity index (χ0v) is 3.92. The summed E-state index contributed by atoms with van der Waals surface area (Å²) in [5.41, 5.74) is 0.